The fourth-order valence-corrected chi connectivity index (χ4v) is 1.87. The zero-order valence-corrected chi connectivity index (χ0v) is 11.3. The van der Waals surface area contributed by atoms with Gasteiger partial charge < -0.3 is 14.9 Å². The molecule has 0 aliphatic carbocycles. The summed E-state index contributed by atoms with van der Waals surface area (Å²) >= 11 is 0. The maximum Gasteiger partial charge on any atom is 0.336 e. The highest BCUT2D eigenvalue weighted by atomic mass is 16.5. The van der Waals surface area contributed by atoms with Gasteiger partial charge in [-0.1, -0.05) is 13.8 Å². The molecule has 0 aromatic carbocycles. The second kappa shape index (κ2) is 7.63. The molecule has 0 saturated heterocycles. The van der Waals surface area contributed by atoms with Crippen molar-refractivity contribution < 1.29 is 19.7 Å². The Labute approximate surface area is 103 Å². The number of nitrogens with zero attached hydrogens (tertiary/aromatic N) is 1. The van der Waals surface area contributed by atoms with Crippen molar-refractivity contribution in [3.63, 3.8) is 0 Å². The molecule has 0 spiro atoms. The normalized spacial score (nSPS) is 15.2. The highest BCUT2D eigenvalue weighted by molar-refractivity contribution is 5.76. The largest absolute Gasteiger partial charge is 0.479 e. The average Bonchev–Trinajstić information content (AvgIpc) is 2.26. The Bertz CT molecular complexity index is 227. The minimum absolute atomic E-state index is 0.123. The Kier molecular flexibility index (Phi) is 7.34. The number of aliphatic hydroxyl groups is 1. The van der Waals surface area contributed by atoms with E-state index in [0.717, 1.165) is 12.8 Å². The molecular weight excluding hydrogens is 222 g/mol. The summed E-state index contributed by atoms with van der Waals surface area (Å²) in [7, 11) is 1.61. The highest BCUT2D eigenvalue weighted by Gasteiger charge is 2.33. The maximum absolute atomic E-state index is 10.9. The van der Waals surface area contributed by atoms with E-state index in [1.54, 1.807) is 7.11 Å². The molecule has 0 aliphatic heterocycles. The molecule has 0 saturated carbocycles. The lowest BCUT2D eigenvalue weighted by molar-refractivity contribution is -0.159. The topological polar surface area (TPSA) is 70.0 Å². The quantitative estimate of drug-likeness (QED) is 0.635. The molecular formula is C12H25NO4. The second-order valence-corrected chi connectivity index (χ2v) is 4.51. The van der Waals surface area contributed by atoms with Crippen LogP contribution in [-0.4, -0.2) is 59.5 Å². The van der Waals surface area contributed by atoms with Crippen LogP contribution in [0.15, 0.2) is 0 Å². The third kappa shape index (κ3) is 5.48. The van der Waals surface area contributed by atoms with Crippen molar-refractivity contribution in [3.05, 3.63) is 0 Å². The first-order valence-electron chi connectivity index (χ1n) is 6.07. The van der Waals surface area contributed by atoms with Crippen LogP contribution in [0.3, 0.4) is 0 Å². The van der Waals surface area contributed by atoms with Crippen LogP contribution in [0.25, 0.3) is 0 Å². The van der Waals surface area contributed by atoms with Crippen molar-refractivity contribution in [1.82, 2.24) is 4.90 Å². The van der Waals surface area contributed by atoms with Crippen LogP contribution in [0.2, 0.25) is 0 Å². The number of carbonyl (C=O) groups is 1. The van der Waals surface area contributed by atoms with E-state index in [4.69, 9.17) is 9.84 Å². The van der Waals surface area contributed by atoms with Crippen molar-refractivity contribution in [3.8, 4) is 0 Å². The lowest BCUT2D eigenvalue weighted by Crippen LogP contribution is -2.50. The summed E-state index contributed by atoms with van der Waals surface area (Å²) in [6.45, 7) is 6.74. The van der Waals surface area contributed by atoms with Gasteiger partial charge >= 0.3 is 5.97 Å². The lowest BCUT2D eigenvalue weighted by Gasteiger charge is -2.34. The Morgan fingerprint density at radius 3 is 2.29 bits per heavy atom. The minimum atomic E-state index is -1.71. The van der Waals surface area contributed by atoms with Crippen molar-refractivity contribution in [1.29, 1.82) is 0 Å². The van der Waals surface area contributed by atoms with Gasteiger partial charge in [0.2, 0.25) is 0 Å². The van der Waals surface area contributed by atoms with Gasteiger partial charge in [-0.15, -0.1) is 0 Å². The molecule has 0 rings (SSSR count). The fourth-order valence-electron chi connectivity index (χ4n) is 1.87. The summed E-state index contributed by atoms with van der Waals surface area (Å²) in [5, 5.41) is 18.8. The van der Waals surface area contributed by atoms with E-state index < -0.39 is 11.6 Å². The van der Waals surface area contributed by atoms with Crippen LogP contribution in [0.4, 0.5) is 0 Å². The Hall–Kier alpha value is -0.650. The summed E-state index contributed by atoms with van der Waals surface area (Å²) in [4.78, 5) is 12.9. The third-order valence-electron chi connectivity index (χ3n) is 3.01. The second-order valence-electron chi connectivity index (χ2n) is 4.51. The molecule has 0 aliphatic rings. The van der Waals surface area contributed by atoms with Crippen LogP contribution in [0.5, 0.6) is 0 Å². The van der Waals surface area contributed by atoms with E-state index >= 15 is 0 Å². The van der Waals surface area contributed by atoms with Crippen molar-refractivity contribution in [2.75, 3.05) is 26.8 Å². The van der Waals surface area contributed by atoms with Gasteiger partial charge in [0.05, 0.1) is 6.61 Å². The minimum Gasteiger partial charge on any atom is -0.479 e. The monoisotopic (exact) mass is 247 g/mol. The zero-order valence-electron chi connectivity index (χ0n) is 11.3. The summed E-state index contributed by atoms with van der Waals surface area (Å²) in [6, 6.07) is 0.274. The highest BCUT2D eigenvalue weighted by Crippen LogP contribution is 2.14. The number of carboxylic acid groups (broad SMARTS) is 1. The third-order valence-corrected chi connectivity index (χ3v) is 3.01. The van der Waals surface area contributed by atoms with Gasteiger partial charge in [-0.3, -0.25) is 4.90 Å². The maximum atomic E-state index is 10.9. The molecule has 5 heteroatoms. The lowest BCUT2D eigenvalue weighted by atomic mass is 10.0. The molecule has 102 valence electrons. The molecule has 0 heterocycles. The van der Waals surface area contributed by atoms with E-state index in [-0.39, 0.29) is 12.6 Å². The molecule has 0 bridgehead atoms. The molecule has 1 atom stereocenters. The van der Waals surface area contributed by atoms with Gasteiger partial charge in [-0.2, -0.15) is 0 Å². The number of methoxy groups -OCH3 is 1. The van der Waals surface area contributed by atoms with Crippen LogP contribution >= 0.6 is 0 Å². The van der Waals surface area contributed by atoms with E-state index in [0.29, 0.717) is 13.2 Å². The zero-order chi connectivity index (χ0) is 13.5. The molecule has 1 unspecified atom stereocenters. The number of carboxylic acids is 1. The first-order chi connectivity index (χ1) is 7.88. The van der Waals surface area contributed by atoms with E-state index in [9.17, 15) is 9.90 Å². The number of ether oxygens (including phenoxy) is 1. The average molecular weight is 247 g/mol. The van der Waals surface area contributed by atoms with Crippen LogP contribution in [-0.2, 0) is 9.53 Å². The van der Waals surface area contributed by atoms with E-state index in [1.807, 2.05) is 4.90 Å². The molecule has 0 aromatic rings. The Balaban J connectivity index is 4.62. The number of hydrogen-bond donors (Lipinski definition) is 2. The molecule has 0 radical (unpaired) electrons. The van der Waals surface area contributed by atoms with Gasteiger partial charge in [-0.05, 0) is 19.8 Å². The van der Waals surface area contributed by atoms with Crippen molar-refractivity contribution >= 4 is 5.97 Å². The smallest absolute Gasteiger partial charge is 0.336 e. The van der Waals surface area contributed by atoms with Gasteiger partial charge in [0.15, 0.2) is 5.60 Å². The van der Waals surface area contributed by atoms with Gasteiger partial charge in [-0.25, -0.2) is 4.79 Å². The number of rotatable bonds is 9. The molecule has 0 aromatic heterocycles. The summed E-state index contributed by atoms with van der Waals surface area (Å²) in [5.74, 6) is -1.19. The van der Waals surface area contributed by atoms with Gasteiger partial charge in [0.25, 0.3) is 0 Å². The summed E-state index contributed by atoms with van der Waals surface area (Å²) < 4.78 is 5.02. The molecule has 17 heavy (non-hydrogen) atoms. The van der Waals surface area contributed by atoms with Crippen LogP contribution in [0.1, 0.15) is 33.6 Å². The van der Waals surface area contributed by atoms with E-state index in [1.165, 1.54) is 6.92 Å². The molecule has 2 N–H and O–H groups in total. The molecule has 5 nitrogen and oxygen atoms in total. The predicted molar refractivity (Wildman–Crippen MR) is 66.1 cm³/mol. The number of hydrogen-bond acceptors (Lipinski definition) is 4. The standard InChI is InChI=1S/C12H25NO4/c1-5-10(6-2)13(7-8-17-4)9-12(3,16)11(14)15/h10,16H,5-9H2,1-4H3,(H,14,15). The molecule has 0 amide bonds. The summed E-state index contributed by atoms with van der Waals surface area (Å²) in [6.07, 6.45) is 1.85. The van der Waals surface area contributed by atoms with Crippen LogP contribution < -0.4 is 0 Å². The SMILES string of the molecule is CCC(CC)N(CCOC)CC(C)(O)C(=O)O. The van der Waals surface area contributed by atoms with Crippen molar-refractivity contribution in [2.45, 2.75) is 45.3 Å². The predicted octanol–water partition coefficient (Wildman–Crippen LogP) is 0.959. The number of aliphatic carboxylic acids is 1. The first-order valence-corrected chi connectivity index (χ1v) is 6.07. The van der Waals surface area contributed by atoms with Crippen LogP contribution in [0, 0.1) is 0 Å². The van der Waals surface area contributed by atoms with Crippen molar-refractivity contribution in [2.24, 2.45) is 0 Å². The van der Waals surface area contributed by atoms with Gasteiger partial charge in [0, 0.05) is 26.2 Å². The first kappa shape index (κ1) is 16.4. The molecule has 0 fully saturated rings. The Morgan fingerprint density at radius 1 is 1.41 bits per heavy atom. The fraction of sp³-hybridized carbons (Fsp3) is 0.917. The summed E-state index contributed by atoms with van der Waals surface area (Å²) in [5.41, 5.74) is -1.71. The van der Waals surface area contributed by atoms with Gasteiger partial charge in [0.1, 0.15) is 0 Å². The van der Waals surface area contributed by atoms with E-state index in [2.05, 4.69) is 13.8 Å². The Morgan fingerprint density at radius 2 is 1.94 bits per heavy atom.